The Morgan fingerprint density at radius 2 is 1.90 bits per heavy atom. The maximum atomic E-state index is 11.5. The Morgan fingerprint density at radius 3 is 2.45 bits per heavy atom. The normalized spacial score (nSPS) is 11.3. The Hall–Kier alpha value is -2.28. The van der Waals surface area contributed by atoms with Crippen LogP contribution in [0, 0.1) is 0 Å². The molecule has 0 saturated carbocycles. The highest BCUT2D eigenvalue weighted by atomic mass is 35.5. The lowest BCUT2D eigenvalue weighted by molar-refractivity contribution is -0.154. The smallest absolute Gasteiger partial charge is 0.347 e. The van der Waals surface area contributed by atoms with Crippen LogP contribution in [0.5, 0.6) is 5.75 Å². The molecule has 0 aromatic heterocycles. The van der Waals surface area contributed by atoms with Crippen molar-refractivity contribution in [2.45, 2.75) is 13.0 Å². The fraction of sp³-hybridized carbons (Fsp3) is 0.250. The zero-order valence-corrected chi connectivity index (χ0v) is 11.3. The summed E-state index contributed by atoms with van der Waals surface area (Å²) in [6.07, 6.45) is -0.919. The van der Waals surface area contributed by atoms with Crippen molar-refractivity contribution in [3.63, 3.8) is 0 Å². The standard InChI is InChI=1S/C12H13ClN2O5/c1-7(20-9-4-2-8(13)3-5-9)11(17)19-6-10(16)15-12(14)18/h2-5,7H,6H2,1H3,(H3,14,15,16,18)/t7-/m0/s1. The van der Waals surface area contributed by atoms with E-state index in [0.717, 1.165) is 0 Å². The average Bonchev–Trinajstić information content (AvgIpc) is 2.37. The summed E-state index contributed by atoms with van der Waals surface area (Å²) in [7, 11) is 0. The van der Waals surface area contributed by atoms with Gasteiger partial charge >= 0.3 is 12.0 Å². The molecule has 0 unspecified atom stereocenters. The average molecular weight is 301 g/mol. The molecule has 1 aromatic carbocycles. The van der Waals surface area contributed by atoms with E-state index in [2.05, 4.69) is 4.74 Å². The van der Waals surface area contributed by atoms with Gasteiger partial charge in [-0.3, -0.25) is 10.1 Å². The van der Waals surface area contributed by atoms with Crippen LogP contribution in [0.25, 0.3) is 0 Å². The number of ether oxygens (including phenoxy) is 2. The summed E-state index contributed by atoms with van der Waals surface area (Å²) in [6, 6.07) is 5.37. The van der Waals surface area contributed by atoms with Crippen LogP contribution in [0.1, 0.15) is 6.92 Å². The molecule has 0 aliphatic rings. The van der Waals surface area contributed by atoms with Crippen molar-refractivity contribution in [2.24, 2.45) is 5.73 Å². The van der Waals surface area contributed by atoms with Crippen LogP contribution in [-0.4, -0.2) is 30.6 Å². The quantitative estimate of drug-likeness (QED) is 0.784. The monoisotopic (exact) mass is 300 g/mol. The van der Waals surface area contributed by atoms with E-state index in [9.17, 15) is 14.4 Å². The van der Waals surface area contributed by atoms with Gasteiger partial charge in [0.1, 0.15) is 5.75 Å². The van der Waals surface area contributed by atoms with Crippen LogP contribution in [0.3, 0.4) is 0 Å². The number of nitrogens with two attached hydrogens (primary N) is 1. The second-order valence-corrected chi connectivity index (χ2v) is 4.17. The van der Waals surface area contributed by atoms with Crippen molar-refractivity contribution < 1.29 is 23.9 Å². The molecule has 0 spiro atoms. The highest BCUT2D eigenvalue weighted by Gasteiger charge is 2.18. The number of imide groups is 1. The molecular weight excluding hydrogens is 288 g/mol. The van der Waals surface area contributed by atoms with Gasteiger partial charge in [-0.15, -0.1) is 0 Å². The number of rotatable bonds is 5. The summed E-state index contributed by atoms with van der Waals surface area (Å²) in [6.45, 7) is 0.846. The third-order valence-corrected chi connectivity index (χ3v) is 2.32. The van der Waals surface area contributed by atoms with E-state index in [0.29, 0.717) is 10.8 Å². The Kier molecular flexibility index (Phi) is 5.79. The number of benzene rings is 1. The predicted molar refractivity (Wildman–Crippen MR) is 70.2 cm³/mol. The first-order valence-corrected chi connectivity index (χ1v) is 5.94. The second-order valence-electron chi connectivity index (χ2n) is 3.73. The Balaban J connectivity index is 2.41. The lowest BCUT2D eigenvalue weighted by Crippen LogP contribution is -2.39. The molecule has 3 N–H and O–H groups in total. The van der Waals surface area contributed by atoms with E-state index in [1.165, 1.54) is 6.92 Å². The fourth-order valence-electron chi connectivity index (χ4n) is 1.19. The highest BCUT2D eigenvalue weighted by molar-refractivity contribution is 6.30. The van der Waals surface area contributed by atoms with Crippen LogP contribution < -0.4 is 15.8 Å². The fourth-order valence-corrected chi connectivity index (χ4v) is 1.32. The Bertz CT molecular complexity index is 503. The number of halogens is 1. The number of amides is 3. The molecule has 0 saturated heterocycles. The molecule has 20 heavy (non-hydrogen) atoms. The van der Waals surface area contributed by atoms with Crippen LogP contribution >= 0.6 is 11.6 Å². The van der Waals surface area contributed by atoms with E-state index >= 15 is 0 Å². The largest absolute Gasteiger partial charge is 0.479 e. The molecule has 3 amide bonds. The summed E-state index contributed by atoms with van der Waals surface area (Å²) < 4.78 is 9.94. The molecule has 0 aliphatic heterocycles. The first-order chi connectivity index (χ1) is 9.38. The van der Waals surface area contributed by atoms with Gasteiger partial charge in [0.15, 0.2) is 12.7 Å². The van der Waals surface area contributed by atoms with Gasteiger partial charge in [0.2, 0.25) is 0 Å². The SMILES string of the molecule is C[C@H](Oc1ccc(Cl)cc1)C(=O)OCC(=O)NC(N)=O. The minimum absolute atomic E-state index is 0.431. The number of esters is 1. The van der Waals surface area contributed by atoms with E-state index in [-0.39, 0.29) is 0 Å². The molecule has 1 rings (SSSR count). The van der Waals surface area contributed by atoms with E-state index < -0.39 is 30.6 Å². The van der Waals surface area contributed by atoms with Crippen molar-refractivity contribution in [3.8, 4) is 5.75 Å². The van der Waals surface area contributed by atoms with Gasteiger partial charge in [-0.2, -0.15) is 0 Å². The number of hydrogen-bond acceptors (Lipinski definition) is 5. The Labute approximate surface area is 120 Å². The predicted octanol–water partition coefficient (Wildman–Crippen LogP) is 0.845. The highest BCUT2D eigenvalue weighted by Crippen LogP contribution is 2.16. The number of carbonyl (C=O) groups excluding carboxylic acids is 3. The van der Waals surface area contributed by atoms with E-state index in [1.807, 2.05) is 0 Å². The molecule has 0 fully saturated rings. The maximum absolute atomic E-state index is 11.5. The molecule has 0 heterocycles. The lowest BCUT2D eigenvalue weighted by Gasteiger charge is -2.13. The molecule has 108 valence electrons. The molecule has 0 radical (unpaired) electrons. The lowest BCUT2D eigenvalue weighted by atomic mass is 10.3. The van der Waals surface area contributed by atoms with Gasteiger partial charge in [0, 0.05) is 5.02 Å². The van der Waals surface area contributed by atoms with Gasteiger partial charge in [-0.05, 0) is 31.2 Å². The van der Waals surface area contributed by atoms with Gasteiger partial charge in [-0.25, -0.2) is 9.59 Å². The second kappa shape index (κ2) is 7.34. The molecule has 0 aliphatic carbocycles. The summed E-state index contributed by atoms with van der Waals surface area (Å²) in [5.41, 5.74) is 4.73. The number of urea groups is 1. The minimum Gasteiger partial charge on any atom is -0.479 e. The topological polar surface area (TPSA) is 108 Å². The van der Waals surface area contributed by atoms with E-state index in [4.69, 9.17) is 22.1 Å². The van der Waals surface area contributed by atoms with Crippen molar-refractivity contribution in [1.29, 1.82) is 0 Å². The summed E-state index contributed by atoms with van der Waals surface area (Å²) >= 11 is 5.71. The van der Waals surface area contributed by atoms with Gasteiger partial charge in [0.05, 0.1) is 0 Å². The third kappa shape index (κ3) is 5.57. The number of primary amides is 1. The van der Waals surface area contributed by atoms with Crippen LogP contribution in [0.2, 0.25) is 5.02 Å². The molecule has 1 atom stereocenters. The van der Waals surface area contributed by atoms with Crippen LogP contribution in [-0.2, 0) is 14.3 Å². The summed E-state index contributed by atoms with van der Waals surface area (Å²) in [4.78, 5) is 32.9. The van der Waals surface area contributed by atoms with Crippen LogP contribution in [0.15, 0.2) is 24.3 Å². The molecular formula is C12H13ClN2O5. The first-order valence-electron chi connectivity index (χ1n) is 5.56. The van der Waals surface area contributed by atoms with Crippen LogP contribution in [0.4, 0.5) is 4.79 Å². The zero-order valence-electron chi connectivity index (χ0n) is 10.6. The van der Waals surface area contributed by atoms with Crippen molar-refractivity contribution in [1.82, 2.24) is 5.32 Å². The summed E-state index contributed by atoms with van der Waals surface area (Å²) in [5, 5.41) is 2.30. The minimum atomic E-state index is -1.02. The molecule has 0 bridgehead atoms. The number of carbonyl (C=O) groups is 3. The van der Waals surface area contributed by atoms with Crippen molar-refractivity contribution >= 4 is 29.5 Å². The molecule has 1 aromatic rings. The Morgan fingerprint density at radius 1 is 1.30 bits per heavy atom. The molecule has 8 heteroatoms. The van der Waals surface area contributed by atoms with Gasteiger partial charge < -0.3 is 15.2 Å². The third-order valence-electron chi connectivity index (χ3n) is 2.07. The first kappa shape index (κ1) is 15.8. The maximum Gasteiger partial charge on any atom is 0.347 e. The van der Waals surface area contributed by atoms with Crippen molar-refractivity contribution in [2.75, 3.05) is 6.61 Å². The van der Waals surface area contributed by atoms with Gasteiger partial charge in [-0.1, -0.05) is 11.6 Å². The zero-order chi connectivity index (χ0) is 15.1. The van der Waals surface area contributed by atoms with E-state index in [1.54, 1.807) is 29.6 Å². The van der Waals surface area contributed by atoms with Gasteiger partial charge in [0.25, 0.3) is 5.91 Å². The number of nitrogens with one attached hydrogen (secondary N) is 1. The van der Waals surface area contributed by atoms with Crippen molar-refractivity contribution in [3.05, 3.63) is 29.3 Å². The molecule has 7 nitrogen and oxygen atoms in total. The summed E-state index contributed by atoms with van der Waals surface area (Å²) in [5.74, 6) is -1.13. The number of hydrogen-bond donors (Lipinski definition) is 2.